The fourth-order valence-corrected chi connectivity index (χ4v) is 0.238. The van der Waals surface area contributed by atoms with Gasteiger partial charge in [-0.15, -0.1) is 0 Å². The summed E-state index contributed by atoms with van der Waals surface area (Å²) in [7, 11) is 0. The molecule has 0 aliphatic carbocycles. The molecule has 8 heavy (non-hydrogen) atoms. The van der Waals surface area contributed by atoms with E-state index < -0.39 is 0 Å². The zero-order valence-corrected chi connectivity index (χ0v) is 4.45. The summed E-state index contributed by atoms with van der Waals surface area (Å²) in [5.74, 6) is 0. The Morgan fingerprint density at radius 1 is 1.62 bits per heavy atom. The zero-order chi connectivity index (χ0) is 6.41. The minimum atomic E-state index is 0.607. The van der Waals surface area contributed by atoms with Gasteiger partial charge in [-0.2, -0.15) is 0 Å². The number of rotatable bonds is 3. The van der Waals surface area contributed by atoms with Crippen molar-refractivity contribution in [2.75, 3.05) is 0 Å². The maximum atomic E-state index is 9.87. The molecule has 0 aromatic carbocycles. The van der Waals surface area contributed by atoms with Crippen molar-refractivity contribution in [3.63, 3.8) is 0 Å². The molecule has 0 unspecified atom stereocenters. The second kappa shape index (κ2) is 3.92. The Balaban J connectivity index is 3.69. The topological polar surface area (TPSA) is 46.3 Å². The Morgan fingerprint density at radius 2 is 2.25 bits per heavy atom. The summed E-state index contributed by atoms with van der Waals surface area (Å²) < 4.78 is 0. The van der Waals surface area contributed by atoms with Crippen molar-refractivity contribution in [1.82, 2.24) is 4.90 Å². The van der Waals surface area contributed by atoms with Gasteiger partial charge in [0.1, 0.15) is 0 Å². The molecule has 0 aromatic rings. The van der Waals surface area contributed by atoms with E-state index in [0.29, 0.717) is 6.41 Å². The van der Waals surface area contributed by atoms with Crippen LogP contribution in [0.1, 0.15) is 0 Å². The second-order valence-electron chi connectivity index (χ2n) is 1.08. The smallest absolute Gasteiger partial charge is 0.217 e. The van der Waals surface area contributed by atoms with E-state index in [2.05, 4.69) is 6.58 Å². The van der Waals surface area contributed by atoms with Crippen LogP contribution in [0, 0.1) is 0 Å². The summed E-state index contributed by atoms with van der Waals surface area (Å²) in [6.45, 7) is 3.34. The van der Waals surface area contributed by atoms with Gasteiger partial charge in [0.15, 0.2) is 0 Å². The molecule has 44 valence electrons. The molecule has 3 heteroatoms. The Hall–Kier alpha value is -1.25. The van der Waals surface area contributed by atoms with E-state index in [-0.39, 0.29) is 0 Å². The first-order chi connectivity index (χ1) is 3.85. The van der Waals surface area contributed by atoms with Crippen LogP contribution in [0.25, 0.3) is 0 Å². The van der Waals surface area contributed by atoms with E-state index in [1.54, 1.807) is 0 Å². The average molecular weight is 112 g/mol. The summed E-state index contributed by atoms with van der Waals surface area (Å²) in [6, 6.07) is 0. The van der Waals surface area contributed by atoms with Gasteiger partial charge in [-0.05, 0) is 0 Å². The van der Waals surface area contributed by atoms with Crippen LogP contribution in [0.4, 0.5) is 0 Å². The van der Waals surface area contributed by atoms with E-state index in [9.17, 15) is 4.79 Å². The third-order valence-electron chi connectivity index (χ3n) is 0.591. The first-order valence-corrected chi connectivity index (χ1v) is 2.09. The highest BCUT2D eigenvalue weighted by molar-refractivity contribution is 5.50. The van der Waals surface area contributed by atoms with E-state index in [4.69, 9.17) is 5.73 Å². The highest BCUT2D eigenvalue weighted by atomic mass is 16.1. The van der Waals surface area contributed by atoms with Gasteiger partial charge < -0.3 is 5.73 Å². The molecule has 0 radical (unpaired) electrons. The number of hydrogen-bond donors (Lipinski definition) is 1. The van der Waals surface area contributed by atoms with E-state index in [0.717, 1.165) is 0 Å². The van der Waals surface area contributed by atoms with Crippen LogP contribution in [-0.4, -0.2) is 11.3 Å². The predicted molar refractivity (Wildman–Crippen MR) is 31.4 cm³/mol. The minimum Gasteiger partial charge on any atom is -0.403 e. The molecular weight excluding hydrogens is 104 g/mol. The molecule has 0 atom stereocenters. The average Bonchev–Trinajstić information content (AvgIpc) is 1.83. The third kappa shape index (κ3) is 2.02. The lowest BCUT2D eigenvalue weighted by Gasteiger charge is -1.99. The molecular formula is C5H8N2O. The zero-order valence-electron chi connectivity index (χ0n) is 4.45. The summed E-state index contributed by atoms with van der Waals surface area (Å²) >= 11 is 0. The predicted octanol–water partition coefficient (Wildman–Crippen LogP) is 0.0182. The number of nitrogens with zero attached hydrogens (tertiary/aromatic N) is 1. The fourth-order valence-electron chi connectivity index (χ4n) is 0.238. The number of carbonyl (C=O) groups excluding carboxylic acids is 1. The van der Waals surface area contributed by atoms with E-state index >= 15 is 0 Å². The van der Waals surface area contributed by atoms with Crippen LogP contribution in [0.15, 0.2) is 25.2 Å². The molecule has 0 heterocycles. The molecule has 0 rings (SSSR count). The van der Waals surface area contributed by atoms with Crippen LogP contribution >= 0.6 is 0 Å². The molecule has 0 saturated heterocycles. The largest absolute Gasteiger partial charge is 0.403 e. The van der Waals surface area contributed by atoms with E-state index in [1.807, 2.05) is 0 Å². The van der Waals surface area contributed by atoms with Crippen LogP contribution < -0.4 is 5.73 Å². The molecule has 0 aromatic heterocycles. The lowest BCUT2D eigenvalue weighted by Crippen LogP contribution is -2.05. The number of hydrogen-bond acceptors (Lipinski definition) is 2. The van der Waals surface area contributed by atoms with Crippen molar-refractivity contribution in [3.05, 3.63) is 25.2 Å². The fraction of sp³-hybridized carbons (Fsp3) is 0. The summed E-state index contributed by atoms with van der Waals surface area (Å²) in [5.41, 5.74) is 4.95. The van der Waals surface area contributed by atoms with Gasteiger partial charge in [-0.3, -0.25) is 9.69 Å². The lowest BCUT2D eigenvalue weighted by atomic mass is 10.7. The van der Waals surface area contributed by atoms with Crippen molar-refractivity contribution in [2.45, 2.75) is 0 Å². The SMILES string of the molecule is C=CN(C=O)C=CN. The maximum absolute atomic E-state index is 9.87. The lowest BCUT2D eigenvalue weighted by molar-refractivity contribution is -0.114. The monoisotopic (exact) mass is 112 g/mol. The first kappa shape index (κ1) is 6.75. The van der Waals surface area contributed by atoms with Gasteiger partial charge in [0, 0.05) is 18.6 Å². The number of amides is 1. The first-order valence-electron chi connectivity index (χ1n) is 2.09. The number of nitrogens with two attached hydrogens (primary N) is 1. The van der Waals surface area contributed by atoms with Crippen molar-refractivity contribution in [3.8, 4) is 0 Å². The molecule has 3 nitrogen and oxygen atoms in total. The second-order valence-corrected chi connectivity index (χ2v) is 1.08. The van der Waals surface area contributed by atoms with Gasteiger partial charge >= 0.3 is 0 Å². The van der Waals surface area contributed by atoms with Crippen LogP contribution in [-0.2, 0) is 4.79 Å². The van der Waals surface area contributed by atoms with Crippen molar-refractivity contribution in [1.29, 1.82) is 0 Å². The molecule has 0 aliphatic heterocycles. The standard InChI is InChI=1S/C5H8N2O/c1-2-7(5-8)4-3-6/h2-5H,1,6H2. The van der Waals surface area contributed by atoms with Crippen molar-refractivity contribution in [2.24, 2.45) is 5.73 Å². The Morgan fingerprint density at radius 3 is 2.38 bits per heavy atom. The molecule has 0 saturated carbocycles. The number of carbonyl (C=O) groups is 1. The molecule has 1 amide bonds. The summed E-state index contributed by atoms with van der Waals surface area (Å²) in [4.78, 5) is 11.1. The van der Waals surface area contributed by atoms with Gasteiger partial charge in [-0.1, -0.05) is 6.58 Å². The van der Waals surface area contributed by atoms with E-state index in [1.165, 1.54) is 23.5 Å². The van der Waals surface area contributed by atoms with Crippen LogP contribution in [0.3, 0.4) is 0 Å². The summed E-state index contributed by atoms with van der Waals surface area (Å²) in [6.07, 6.45) is 4.63. The highest BCUT2D eigenvalue weighted by Crippen LogP contribution is 1.79. The van der Waals surface area contributed by atoms with Crippen LogP contribution in [0.5, 0.6) is 0 Å². The molecule has 2 N–H and O–H groups in total. The third-order valence-corrected chi connectivity index (χ3v) is 0.591. The minimum absolute atomic E-state index is 0.607. The Bertz CT molecular complexity index is 101. The summed E-state index contributed by atoms with van der Waals surface area (Å²) in [5, 5.41) is 0. The van der Waals surface area contributed by atoms with Gasteiger partial charge in [0.05, 0.1) is 0 Å². The molecule has 0 aliphatic rings. The Labute approximate surface area is 48.1 Å². The molecule has 0 spiro atoms. The molecule has 0 fully saturated rings. The van der Waals surface area contributed by atoms with Crippen molar-refractivity contribution >= 4 is 6.41 Å². The quantitative estimate of drug-likeness (QED) is 0.523. The normalized spacial score (nSPS) is 9.00. The maximum Gasteiger partial charge on any atom is 0.217 e. The van der Waals surface area contributed by atoms with Gasteiger partial charge in [0.25, 0.3) is 0 Å². The van der Waals surface area contributed by atoms with Crippen molar-refractivity contribution < 1.29 is 4.79 Å². The van der Waals surface area contributed by atoms with Crippen LogP contribution in [0.2, 0.25) is 0 Å². The molecule has 0 bridgehead atoms. The van der Waals surface area contributed by atoms with Gasteiger partial charge in [0.2, 0.25) is 6.41 Å². The highest BCUT2D eigenvalue weighted by Gasteiger charge is 1.81. The van der Waals surface area contributed by atoms with Gasteiger partial charge in [-0.25, -0.2) is 0 Å². The Kier molecular flexibility index (Phi) is 3.31.